The Labute approximate surface area is 79.2 Å². The van der Waals surface area contributed by atoms with E-state index >= 15 is 0 Å². The van der Waals surface area contributed by atoms with E-state index in [1.807, 2.05) is 6.20 Å². The average molecular weight is 176 g/mol. The van der Waals surface area contributed by atoms with Crippen molar-refractivity contribution in [1.29, 1.82) is 0 Å². The summed E-state index contributed by atoms with van der Waals surface area (Å²) in [5.74, 6) is 0.767. The van der Waals surface area contributed by atoms with E-state index in [1.165, 1.54) is 24.1 Å². The summed E-state index contributed by atoms with van der Waals surface area (Å²) in [6, 6.07) is 4.36. The minimum absolute atomic E-state index is 0.767. The van der Waals surface area contributed by atoms with Crippen LogP contribution in [0.2, 0.25) is 0 Å². The zero-order valence-corrected chi connectivity index (χ0v) is 7.87. The fourth-order valence-electron chi connectivity index (χ4n) is 1.51. The minimum atomic E-state index is 0.767. The van der Waals surface area contributed by atoms with E-state index in [0.29, 0.717) is 0 Å². The predicted octanol–water partition coefficient (Wildman–Crippen LogP) is 1.85. The molecule has 2 nitrogen and oxygen atoms in total. The normalized spacial score (nSPS) is 16.1. The first kappa shape index (κ1) is 8.70. The number of nitrogens with two attached hydrogens (primary N) is 1. The lowest BCUT2D eigenvalue weighted by molar-refractivity contribution is 0.825. The molecule has 13 heavy (non-hydrogen) atoms. The molecule has 0 unspecified atom stereocenters. The number of aryl methyl sites for hydroxylation is 1. The second-order valence-electron chi connectivity index (χ2n) is 3.76. The van der Waals surface area contributed by atoms with E-state index < -0.39 is 0 Å². The number of rotatable bonds is 4. The SMILES string of the molecule is NCCCc1ccc(C2CC2)nc1. The Morgan fingerprint density at radius 2 is 2.23 bits per heavy atom. The maximum absolute atomic E-state index is 5.44. The van der Waals surface area contributed by atoms with Crippen molar-refractivity contribution in [2.45, 2.75) is 31.6 Å². The Morgan fingerprint density at radius 1 is 1.38 bits per heavy atom. The van der Waals surface area contributed by atoms with Gasteiger partial charge in [0.15, 0.2) is 0 Å². The van der Waals surface area contributed by atoms with E-state index in [-0.39, 0.29) is 0 Å². The zero-order chi connectivity index (χ0) is 9.10. The van der Waals surface area contributed by atoms with Crippen molar-refractivity contribution in [3.05, 3.63) is 29.6 Å². The molecule has 0 aliphatic heterocycles. The van der Waals surface area contributed by atoms with Crippen LogP contribution in [0.1, 0.15) is 36.4 Å². The lowest BCUT2D eigenvalue weighted by atomic mass is 10.1. The highest BCUT2D eigenvalue weighted by Crippen LogP contribution is 2.38. The fourth-order valence-corrected chi connectivity index (χ4v) is 1.51. The molecule has 2 heteroatoms. The zero-order valence-electron chi connectivity index (χ0n) is 7.87. The van der Waals surface area contributed by atoms with Crippen molar-refractivity contribution in [1.82, 2.24) is 4.98 Å². The van der Waals surface area contributed by atoms with Gasteiger partial charge in [-0.05, 0) is 43.9 Å². The molecule has 1 heterocycles. The summed E-state index contributed by atoms with van der Waals surface area (Å²) in [4.78, 5) is 4.45. The highest BCUT2D eigenvalue weighted by molar-refractivity contribution is 5.19. The Bertz CT molecular complexity index is 262. The van der Waals surface area contributed by atoms with Gasteiger partial charge < -0.3 is 5.73 Å². The molecule has 2 rings (SSSR count). The van der Waals surface area contributed by atoms with Crippen LogP contribution in [0, 0.1) is 0 Å². The lowest BCUT2D eigenvalue weighted by Crippen LogP contribution is -2.00. The predicted molar refractivity (Wildman–Crippen MR) is 53.6 cm³/mol. The number of pyridine rings is 1. The number of nitrogens with zero attached hydrogens (tertiary/aromatic N) is 1. The molecule has 0 amide bonds. The smallest absolute Gasteiger partial charge is 0.0434 e. The first-order valence-corrected chi connectivity index (χ1v) is 5.05. The van der Waals surface area contributed by atoms with Crippen LogP contribution in [0.15, 0.2) is 18.3 Å². The summed E-state index contributed by atoms with van der Waals surface area (Å²) >= 11 is 0. The second-order valence-corrected chi connectivity index (χ2v) is 3.76. The highest BCUT2D eigenvalue weighted by Gasteiger charge is 2.24. The molecule has 2 N–H and O–H groups in total. The molecule has 1 aromatic heterocycles. The van der Waals surface area contributed by atoms with Crippen molar-refractivity contribution in [3.63, 3.8) is 0 Å². The van der Waals surface area contributed by atoms with Crippen LogP contribution in [0.25, 0.3) is 0 Å². The second kappa shape index (κ2) is 3.88. The topological polar surface area (TPSA) is 38.9 Å². The molecule has 0 radical (unpaired) electrons. The molecule has 1 saturated carbocycles. The lowest BCUT2D eigenvalue weighted by Gasteiger charge is -2.00. The molecule has 1 aliphatic carbocycles. The minimum Gasteiger partial charge on any atom is -0.330 e. The van der Waals surface area contributed by atoms with Gasteiger partial charge in [-0.1, -0.05) is 6.07 Å². The van der Waals surface area contributed by atoms with Gasteiger partial charge >= 0.3 is 0 Å². The van der Waals surface area contributed by atoms with Crippen LogP contribution in [0.3, 0.4) is 0 Å². The fraction of sp³-hybridized carbons (Fsp3) is 0.545. The summed E-state index contributed by atoms with van der Waals surface area (Å²) in [6.07, 6.45) is 6.78. The third-order valence-electron chi connectivity index (χ3n) is 2.51. The third kappa shape index (κ3) is 2.28. The van der Waals surface area contributed by atoms with E-state index in [9.17, 15) is 0 Å². The van der Waals surface area contributed by atoms with Gasteiger partial charge in [0.25, 0.3) is 0 Å². The van der Waals surface area contributed by atoms with Crippen LogP contribution in [0.5, 0.6) is 0 Å². The number of hydrogen-bond donors (Lipinski definition) is 1. The van der Waals surface area contributed by atoms with Gasteiger partial charge in [0, 0.05) is 17.8 Å². The van der Waals surface area contributed by atoms with Gasteiger partial charge in [0.1, 0.15) is 0 Å². The summed E-state index contributed by atoms with van der Waals surface area (Å²) in [7, 11) is 0. The van der Waals surface area contributed by atoms with Gasteiger partial charge in [0.05, 0.1) is 0 Å². The summed E-state index contributed by atoms with van der Waals surface area (Å²) in [5.41, 5.74) is 8.03. The average Bonchev–Trinajstić information content (AvgIpc) is 2.99. The molecule has 0 aromatic carbocycles. The quantitative estimate of drug-likeness (QED) is 0.760. The molecule has 0 bridgehead atoms. The first-order chi connectivity index (χ1) is 6.40. The molecule has 0 saturated heterocycles. The molecule has 1 fully saturated rings. The maximum atomic E-state index is 5.44. The van der Waals surface area contributed by atoms with E-state index in [1.54, 1.807) is 0 Å². The van der Waals surface area contributed by atoms with E-state index in [0.717, 1.165) is 25.3 Å². The monoisotopic (exact) mass is 176 g/mol. The van der Waals surface area contributed by atoms with Gasteiger partial charge in [-0.15, -0.1) is 0 Å². The van der Waals surface area contributed by atoms with Crippen molar-refractivity contribution in [3.8, 4) is 0 Å². The van der Waals surface area contributed by atoms with Crippen LogP contribution in [0.4, 0.5) is 0 Å². The number of aromatic nitrogens is 1. The van der Waals surface area contributed by atoms with Gasteiger partial charge in [-0.2, -0.15) is 0 Å². The Kier molecular flexibility index (Phi) is 2.60. The molecule has 0 spiro atoms. The van der Waals surface area contributed by atoms with Crippen molar-refractivity contribution < 1.29 is 0 Å². The molecular weight excluding hydrogens is 160 g/mol. The Balaban J connectivity index is 1.96. The standard InChI is InChI=1S/C11H16N2/c12-7-1-2-9-3-6-11(13-8-9)10-4-5-10/h3,6,8,10H,1-2,4-5,7,12H2. The first-order valence-electron chi connectivity index (χ1n) is 5.05. The molecule has 0 atom stereocenters. The molecule has 1 aliphatic rings. The van der Waals surface area contributed by atoms with E-state index in [2.05, 4.69) is 17.1 Å². The summed E-state index contributed by atoms with van der Waals surface area (Å²) in [6.45, 7) is 0.768. The van der Waals surface area contributed by atoms with Crippen LogP contribution >= 0.6 is 0 Å². The summed E-state index contributed by atoms with van der Waals surface area (Å²) in [5, 5.41) is 0. The largest absolute Gasteiger partial charge is 0.330 e. The molecule has 1 aromatic rings. The Hall–Kier alpha value is -0.890. The van der Waals surface area contributed by atoms with Crippen LogP contribution in [-0.2, 0) is 6.42 Å². The molecule has 70 valence electrons. The van der Waals surface area contributed by atoms with E-state index in [4.69, 9.17) is 5.73 Å². The Morgan fingerprint density at radius 3 is 2.77 bits per heavy atom. The highest BCUT2D eigenvalue weighted by atomic mass is 14.7. The van der Waals surface area contributed by atoms with Crippen molar-refractivity contribution in [2.24, 2.45) is 5.73 Å². The number of hydrogen-bond acceptors (Lipinski definition) is 2. The maximum Gasteiger partial charge on any atom is 0.0434 e. The van der Waals surface area contributed by atoms with Gasteiger partial charge in [-0.25, -0.2) is 0 Å². The summed E-state index contributed by atoms with van der Waals surface area (Å²) < 4.78 is 0. The van der Waals surface area contributed by atoms with Gasteiger partial charge in [-0.3, -0.25) is 4.98 Å². The third-order valence-corrected chi connectivity index (χ3v) is 2.51. The van der Waals surface area contributed by atoms with Crippen molar-refractivity contribution >= 4 is 0 Å². The van der Waals surface area contributed by atoms with Gasteiger partial charge in [0.2, 0.25) is 0 Å². The van der Waals surface area contributed by atoms with Crippen molar-refractivity contribution in [2.75, 3.05) is 6.54 Å². The van der Waals surface area contributed by atoms with Crippen LogP contribution in [-0.4, -0.2) is 11.5 Å². The molecular formula is C11H16N2. The van der Waals surface area contributed by atoms with Crippen LogP contribution < -0.4 is 5.73 Å².